The smallest absolute Gasteiger partial charge is 0.227 e. The molecule has 0 bridgehead atoms. The van der Waals surface area contributed by atoms with Gasteiger partial charge in [0.05, 0.1) is 24.2 Å². The highest BCUT2D eigenvalue weighted by Gasteiger charge is 2.13. The molecule has 4 nitrogen and oxygen atoms in total. The molecule has 0 aliphatic rings. The number of nitrogens with two attached hydrogens (primary N) is 1. The fraction of sp³-hybridized carbons (Fsp3) is 0.111. The summed E-state index contributed by atoms with van der Waals surface area (Å²) in [5, 5.41) is 0.798. The third-order valence-corrected chi connectivity index (χ3v) is 4.43. The highest BCUT2D eigenvalue weighted by molar-refractivity contribution is 7.99. The number of nitrogens with zero attached hydrogens (tertiary/aromatic N) is 2. The second-order valence-electron chi connectivity index (χ2n) is 5.12. The van der Waals surface area contributed by atoms with Crippen molar-refractivity contribution in [3.63, 3.8) is 0 Å². The second-order valence-corrected chi connectivity index (χ2v) is 6.06. The van der Waals surface area contributed by atoms with Crippen LogP contribution < -0.4 is 5.73 Å². The molecule has 3 rings (SSSR count). The van der Waals surface area contributed by atoms with E-state index >= 15 is 0 Å². The molecule has 5 heteroatoms. The normalized spacial score (nSPS) is 10.6. The van der Waals surface area contributed by atoms with E-state index in [9.17, 15) is 4.79 Å². The van der Waals surface area contributed by atoms with Crippen LogP contribution in [0.15, 0.2) is 72.0 Å². The number of primary amides is 1. The molecule has 0 fully saturated rings. The summed E-state index contributed by atoms with van der Waals surface area (Å²) < 4.78 is 2.12. The van der Waals surface area contributed by atoms with Crippen molar-refractivity contribution in [2.24, 2.45) is 5.73 Å². The number of carbonyl (C=O) groups is 1. The average Bonchev–Trinajstić information content (AvgIpc) is 2.97. The van der Waals surface area contributed by atoms with Crippen molar-refractivity contribution in [2.75, 3.05) is 5.75 Å². The molecule has 0 aliphatic carbocycles. The molecule has 2 N–H and O–H groups in total. The zero-order valence-electron chi connectivity index (χ0n) is 12.6. The predicted octanol–water partition coefficient (Wildman–Crippen LogP) is 3.18. The lowest BCUT2D eigenvalue weighted by Gasteiger charge is -2.12. The molecule has 1 amide bonds. The molecular weight excluding hydrogens is 306 g/mol. The topological polar surface area (TPSA) is 60.9 Å². The van der Waals surface area contributed by atoms with Crippen molar-refractivity contribution in [3.8, 4) is 11.3 Å². The molecule has 0 saturated heterocycles. The number of carbonyl (C=O) groups excluding carboxylic acids is 1. The zero-order valence-corrected chi connectivity index (χ0v) is 13.4. The van der Waals surface area contributed by atoms with Crippen molar-refractivity contribution in [1.29, 1.82) is 0 Å². The number of thioether (sulfide) groups is 1. The van der Waals surface area contributed by atoms with Gasteiger partial charge in [-0.05, 0) is 11.1 Å². The molecular formula is C18H17N3OS. The summed E-state index contributed by atoms with van der Waals surface area (Å²) in [7, 11) is 0. The van der Waals surface area contributed by atoms with Crippen LogP contribution in [-0.4, -0.2) is 21.2 Å². The van der Waals surface area contributed by atoms with E-state index < -0.39 is 0 Å². The second kappa shape index (κ2) is 7.15. The fourth-order valence-corrected chi connectivity index (χ4v) is 3.09. The first-order valence-corrected chi connectivity index (χ1v) is 8.28. The van der Waals surface area contributed by atoms with Crippen LogP contribution in [-0.2, 0) is 11.3 Å². The summed E-state index contributed by atoms with van der Waals surface area (Å²) in [4.78, 5) is 15.6. The van der Waals surface area contributed by atoms with Gasteiger partial charge < -0.3 is 10.3 Å². The Labute approximate surface area is 139 Å². The molecule has 1 heterocycles. The summed E-state index contributed by atoms with van der Waals surface area (Å²) in [5.74, 6) is -0.120. The quantitative estimate of drug-likeness (QED) is 0.709. The van der Waals surface area contributed by atoms with Crippen LogP contribution in [0.3, 0.4) is 0 Å². The Bertz CT molecular complexity index is 785. The first kappa shape index (κ1) is 15.4. The van der Waals surface area contributed by atoms with Crippen molar-refractivity contribution >= 4 is 17.7 Å². The molecule has 0 aliphatic heterocycles. The van der Waals surface area contributed by atoms with Gasteiger partial charge in [-0.3, -0.25) is 4.79 Å². The Kier molecular flexibility index (Phi) is 4.78. The minimum Gasteiger partial charge on any atom is -0.369 e. The van der Waals surface area contributed by atoms with E-state index in [2.05, 4.69) is 33.8 Å². The van der Waals surface area contributed by atoms with Gasteiger partial charge in [-0.25, -0.2) is 4.98 Å². The summed E-state index contributed by atoms with van der Waals surface area (Å²) in [6, 6.07) is 20.3. The Hall–Kier alpha value is -2.53. The van der Waals surface area contributed by atoms with Crippen LogP contribution in [0, 0.1) is 0 Å². The summed E-state index contributed by atoms with van der Waals surface area (Å²) in [5.41, 5.74) is 8.58. The van der Waals surface area contributed by atoms with E-state index in [1.807, 2.05) is 42.6 Å². The van der Waals surface area contributed by atoms with Gasteiger partial charge in [0.15, 0.2) is 5.16 Å². The van der Waals surface area contributed by atoms with Crippen LogP contribution >= 0.6 is 11.8 Å². The average molecular weight is 323 g/mol. The molecule has 0 saturated carbocycles. The Morgan fingerprint density at radius 1 is 1.04 bits per heavy atom. The Morgan fingerprint density at radius 3 is 2.35 bits per heavy atom. The lowest BCUT2D eigenvalue weighted by atomic mass is 10.1. The first-order valence-electron chi connectivity index (χ1n) is 7.30. The van der Waals surface area contributed by atoms with Gasteiger partial charge >= 0.3 is 0 Å². The van der Waals surface area contributed by atoms with Crippen molar-refractivity contribution in [1.82, 2.24) is 9.55 Å². The van der Waals surface area contributed by atoms with Gasteiger partial charge in [0.2, 0.25) is 5.91 Å². The summed E-state index contributed by atoms with van der Waals surface area (Å²) in [6.07, 6.45) is 1.85. The molecule has 0 atom stereocenters. The van der Waals surface area contributed by atoms with E-state index in [0.717, 1.165) is 16.4 Å². The minimum absolute atomic E-state index is 0.222. The maximum absolute atomic E-state index is 11.1. The molecule has 116 valence electrons. The van der Waals surface area contributed by atoms with Gasteiger partial charge in [0.1, 0.15) is 0 Å². The zero-order chi connectivity index (χ0) is 16.1. The molecule has 0 radical (unpaired) electrons. The number of hydrogen-bond acceptors (Lipinski definition) is 3. The first-order chi connectivity index (χ1) is 11.2. The predicted molar refractivity (Wildman–Crippen MR) is 93.1 cm³/mol. The fourth-order valence-electron chi connectivity index (χ4n) is 2.37. The van der Waals surface area contributed by atoms with E-state index in [0.29, 0.717) is 6.54 Å². The van der Waals surface area contributed by atoms with E-state index in [4.69, 9.17) is 5.73 Å². The number of aromatic nitrogens is 2. The van der Waals surface area contributed by atoms with Crippen molar-refractivity contribution in [2.45, 2.75) is 11.7 Å². The Balaban J connectivity index is 1.97. The summed E-state index contributed by atoms with van der Waals surface area (Å²) >= 11 is 1.37. The van der Waals surface area contributed by atoms with Crippen LogP contribution in [0.4, 0.5) is 0 Å². The molecule has 23 heavy (non-hydrogen) atoms. The molecule has 1 aromatic heterocycles. The van der Waals surface area contributed by atoms with Gasteiger partial charge in [-0.15, -0.1) is 0 Å². The highest BCUT2D eigenvalue weighted by atomic mass is 32.2. The van der Waals surface area contributed by atoms with Gasteiger partial charge in [-0.2, -0.15) is 0 Å². The van der Waals surface area contributed by atoms with Crippen LogP contribution in [0.5, 0.6) is 0 Å². The van der Waals surface area contributed by atoms with Gasteiger partial charge in [0.25, 0.3) is 0 Å². The van der Waals surface area contributed by atoms with Crippen LogP contribution in [0.2, 0.25) is 0 Å². The van der Waals surface area contributed by atoms with Gasteiger partial charge in [-0.1, -0.05) is 72.4 Å². The van der Waals surface area contributed by atoms with Crippen molar-refractivity contribution < 1.29 is 4.79 Å². The van der Waals surface area contributed by atoms with Crippen molar-refractivity contribution in [3.05, 3.63) is 72.4 Å². The maximum Gasteiger partial charge on any atom is 0.227 e. The van der Waals surface area contributed by atoms with Crippen LogP contribution in [0.25, 0.3) is 11.3 Å². The number of hydrogen-bond donors (Lipinski definition) is 1. The maximum atomic E-state index is 11.1. The number of benzene rings is 2. The lowest BCUT2D eigenvalue weighted by molar-refractivity contribution is -0.115. The number of rotatable bonds is 6. The standard InChI is InChI=1S/C18H17N3OS/c19-17(22)13-23-18-20-11-16(15-9-5-2-6-10-15)21(18)12-14-7-3-1-4-8-14/h1-11H,12-13H2,(H2,19,22). The highest BCUT2D eigenvalue weighted by Crippen LogP contribution is 2.27. The lowest BCUT2D eigenvalue weighted by Crippen LogP contribution is -2.14. The molecule has 0 unspecified atom stereocenters. The number of amides is 1. The molecule has 2 aromatic carbocycles. The largest absolute Gasteiger partial charge is 0.369 e. The minimum atomic E-state index is -0.342. The third kappa shape index (κ3) is 3.81. The Morgan fingerprint density at radius 2 is 1.70 bits per heavy atom. The molecule has 3 aromatic rings. The van der Waals surface area contributed by atoms with Crippen LogP contribution in [0.1, 0.15) is 5.56 Å². The monoisotopic (exact) mass is 323 g/mol. The van der Waals surface area contributed by atoms with Gasteiger partial charge in [0, 0.05) is 0 Å². The van der Waals surface area contributed by atoms with E-state index in [1.54, 1.807) is 0 Å². The van der Waals surface area contributed by atoms with E-state index in [1.165, 1.54) is 17.3 Å². The SMILES string of the molecule is NC(=O)CSc1ncc(-c2ccccc2)n1Cc1ccccc1. The third-order valence-electron chi connectivity index (χ3n) is 3.42. The molecule has 0 spiro atoms. The van der Waals surface area contributed by atoms with E-state index in [-0.39, 0.29) is 11.7 Å². The summed E-state index contributed by atoms with van der Waals surface area (Å²) in [6.45, 7) is 0.701. The number of imidazole rings is 1.